The van der Waals surface area contributed by atoms with Crippen LogP contribution in [0.15, 0.2) is 12.4 Å². The highest BCUT2D eigenvalue weighted by molar-refractivity contribution is 5.12. The molecule has 0 unspecified atom stereocenters. The SMILES string of the molecule is CCc1nccn1-c1nnnn1C. The molecular weight excluding hydrogens is 168 g/mol. The second-order valence-corrected chi connectivity index (χ2v) is 2.67. The van der Waals surface area contributed by atoms with Gasteiger partial charge in [-0.15, -0.1) is 0 Å². The first-order valence-electron chi connectivity index (χ1n) is 4.08. The number of hydrogen-bond acceptors (Lipinski definition) is 4. The van der Waals surface area contributed by atoms with E-state index in [0.717, 1.165) is 12.2 Å². The standard InChI is InChI=1S/C7H10N6/c1-3-6-8-4-5-13(6)7-9-10-11-12(7)2/h4-5H,3H2,1-2H3. The zero-order chi connectivity index (χ0) is 9.26. The Morgan fingerprint density at radius 2 is 2.31 bits per heavy atom. The highest BCUT2D eigenvalue weighted by atomic mass is 15.6. The van der Waals surface area contributed by atoms with E-state index < -0.39 is 0 Å². The van der Waals surface area contributed by atoms with Crippen molar-refractivity contribution in [1.82, 2.24) is 29.8 Å². The van der Waals surface area contributed by atoms with Crippen LogP contribution in [0.3, 0.4) is 0 Å². The smallest absolute Gasteiger partial charge is 0.254 e. The van der Waals surface area contributed by atoms with E-state index in [1.807, 2.05) is 17.7 Å². The molecule has 0 atom stereocenters. The Bertz CT molecular complexity index is 401. The van der Waals surface area contributed by atoms with Crippen molar-refractivity contribution < 1.29 is 0 Å². The minimum Gasteiger partial charge on any atom is -0.271 e. The van der Waals surface area contributed by atoms with Gasteiger partial charge in [0.25, 0.3) is 5.95 Å². The number of imidazole rings is 1. The molecule has 68 valence electrons. The predicted octanol–water partition coefficient (Wildman–Crippen LogP) is -0.0418. The Labute approximate surface area is 75.2 Å². The van der Waals surface area contributed by atoms with Crippen LogP contribution in [0.2, 0.25) is 0 Å². The fraction of sp³-hybridized carbons (Fsp3) is 0.429. The van der Waals surface area contributed by atoms with Gasteiger partial charge >= 0.3 is 0 Å². The van der Waals surface area contributed by atoms with Crippen LogP contribution >= 0.6 is 0 Å². The van der Waals surface area contributed by atoms with Crippen LogP contribution in [-0.4, -0.2) is 29.8 Å². The first kappa shape index (κ1) is 7.90. The maximum absolute atomic E-state index is 4.19. The Kier molecular flexibility index (Phi) is 1.80. The van der Waals surface area contributed by atoms with Gasteiger partial charge in [0.2, 0.25) is 0 Å². The Balaban J connectivity index is 2.52. The van der Waals surface area contributed by atoms with Crippen LogP contribution in [0.25, 0.3) is 5.95 Å². The minimum absolute atomic E-state index is 0.689. The molecule has 0 bridgehead atoms. The molecule has 0 N–H and O–H groups in total. The summed E-state index contributed by atoms with van der Waals surface area (Å²) >= 11 is 0. The van der Waals surface area contributed by atoms with Crippen LogP contribution in [0.5, 0.6) is 0 Å². The third-order valence-corrected chi connectivity index (χ3v) is 1.85. The molecule has 0 aliphatic rings. The van der Waals surface area contributed by atoms with Gasteiger partial charge in [-0.3, -0.25) is 4.57 Å². The number of nitrogens with zero attached hydrogens (tertiary/aromatic N) is 6. The summed E-state index contributed by atoms with van der Waals surface area (Å²) in [6, 6.07) is 0. The molecule has 6 nitrogen and oxygen atoms in total. The molecule has 0 saturated heterocycles. The van der Waals surface area contributed by atoms with E-state index in [-0.39, 0.29) is 0 Å². The van der Waals surface area contributed by atoms with Gasteiger partial charge < -0.3 is 0 Å². The third-order valence-electron chi connectivity index (χ3n) is 1.85. The highest BCUT2D eigenvalue weighted by Gasteiger charge is 2.07. The van der Waals surface area contributed by atoms with Crippen molar-refractivity contribution in [2.45, 2.75) is 13.3 Å². The van der Waals surface area contributed by atoms with Crippen LogP contribution in [0.4, 0.5) is 0 Å². The fourth-order valence-corrected chi connectivity index (χ4v) is 1.21. The number of aryl methyl sites for hydroxylation is 2. The van der Waals surface area contributed by atoms with E-state index >= 15 is 0 Å². The van der Waals surface area contributed by atoms with Gasteiger partial charge in [-0.1, -0.05) is 12.0 Å². The molecule has 6 heteroatoms. The number of rotatable bonds is 2. The maximum Gasteiger partial charge on any atom is 0.254 e. The highest BCUT2D eigenvalue weighted by Crippen LogP contribution is 2.05. The topological polar surface area (TPSA) is 61.4 Å². The van der Waals surface area contributed by atoms with Crippen molar-refractivity contribution >= 4 is 0 Å². The predicted molar refractivity (Wildman–Crippen MR) is 45.3 cm³/mol. The summed E-state index contributed by atoms with van der Waals surface area (Å²) in [5.41, 5.74) is 0. The molecule has 2 heterocycles. The lowest BCUT2D eigenvalue weighted by molar-refractivity contribution is 0.683. The van der Waals surface area contributed by atoms with Crippen LogP contribution in [0.1, 0.15) is 12.7 Å². The molecule has 13 heavy (non-hydrogen) atoms. The Hall–Kier alpha value is -1.72. The molecule has 0 aromatic carbocycles. The van der Waals surface area contributed by atoms with Crippen molar-refractivity contribution in [2.75, 3.05) is 0 Å². The zero-order valence-electron chi connectivity index (χ0n) is 7.55. The van der Waals surface area contributed by atoms with E-state index in [0.29, 0.717) is 5.95 Å². The summed E-state index contributed by atoms with van der Waals surface area (Å²) < 4.78 is 3.49. The van der Waals surface area contributed by atoms with E-state index in [1.165, 1.54) is 0 Å². The van der Waals surface area contributed by atoms with E-state index in [4.69, 9.17) is 0 Å². The second-order valence-electron chi connectivity index (χ2n) is 2.67. The number of tetrazole rings is 1. The lowest BCUT2D eigenvalue weighted by Gasteiger charge is -2.01. The van der Waals surface area contributed by atoms with Crippen molar-refractivity contribution in [3.05, 3.63) is 18.2 Å². The summed E-state index contributed by atoms with van der Waals surface area (Å²) in [5, 5.41) is 11.2. The van der Waals surface area contributed by atoms with Crippen molar-refractivity contribution in [3.63, 3.8) is 0 Å². The van der Waals surface area contributed by atoms with E-state index in [1.54, 1.807) is 17.9 Å². The molecule has 0 fully saturated rings. The summed E-state index contributed by atoms with van der Waals surface area (Å²) in [5.74, 6) is 1.65. The number of aromatic nitrogens is 6. The van der Waals surface area contributed by atoms with Crippen LogP contribution < -0.4 is 0 Å². The molecule has 0 amide bonds. The van der Waals surface area contributed by atoms with Gasteiger partial charge in [0.1, 0.15) is 5.82 Å². The average Bonchev–Trinajstić information content (AvgIpc) is 2.71. The van der Waals surface area contributed by atoms with Gasteiger partial charge in [-0.25, -0.2) is 9.67 Å². The summed E-state index contributed by atoms with van der Waals surface area (Å²) in [4.78, 5) is 4.19. The van der Waals surface area contributed by atoms with Crippen LogP contribution in [-0.2, 0) is 13.5 Å². The van der Waals surface area contributed by atoms with Gasteiger partial charge in [0, 0.05) is 25.9 Å². The lowest BCUT2D eigenvalue weighted by Crippen LogP contribution is -2.06. The maximum atomic E-state index is 4.19. The molecule has 0 aliphatic heterocycles. The lowest BCUT2D eigenvalue weighted by atomic mass is 10.4. The zero-order valence-corrected chi connectivity index (χ0v) is 7.55. The first-order chi connectivity index (χ1) is 6.33. The van der Waals surface area contributed by atoms with Crippen molar-refractivity contribution in [1.29, 1.82) is 0 Å². The minimum atomic E-state index is 0.689. The van der Waals surface area contributed by atoms with Crippen molar-refractivity contribution in [2.24, 2.45) is 7.05 Å². The van der Waals surface area contributed by atoms with E-state index in [9.17, 15) is 0 Å². The van der Waals surface area contributed by atoms with Gasteiger partial charge in [0.15, 0.2) is 0 Å². The molecule has 0 spiro atoms. The molecule has 0 aliphatic carbocycles. The number of hydrogen-bond donors (Lipinski definition) is 0. The molecular formula is C7H10N6. The third kappa shape index (κ3) is 1.20. The Morgan fingerprint density at radius 1 is 1.46 bits per heavy atom. The monoisotopic (exact) mass is 178 g/mol. The van der Waals surface area contributed by atoms with E-state index in [2.05, 4.69) is 20.5 Å². The van der Waals surface area contributed by atoms with Gasteiger partial charge in [0.05, 0.1) is 0 Å². The first-order valence-corrected chi connectivity index (χ1v) is 4.08. The summed E-state index contributed by atoms with van der Waals surface area (Å²) in [6.07, 6.45) is 4.46. The summed E-state index contributed by atoms with van der Waals surface area (Å²) in [6.45, 7) is 2.04. The normalized spacial score (nSPS) is 10.6. The quantitative estimate of drug-likeness (QED) is 0.647. The fourth-order valence-electron chi connectivity index (χ4n) is 1.21. The largest absolute Gasteiger partial charge is 0.271 e. The molecule has 0 saturated carbocycles. The van der Waals surface area contributed by atoms with Gasteiger partial charge in [-0.2, -0.15) is 0 Å². The molecule has 2 aromatic rings. The molecule has 0 radical (unpaired) electrons. The summed E-state index contributed by atoms with van der Waals surface area (Å²) in [7, 11) is 1.80. The Morgan fingerprint density at radius 3 is 2.92 bits per heavy atom. The van der Waals surface area contributed by atoms with Gasteiger partial charge in [-0.05, 0) is 10.4 Å². The molecule has 2 rings (SSSR count). The average molecular weight is 178 g/mol. The second kappa shape index (κ2) is 2.96. The van der Waals surface area contributed by atoms with Crippen molar-refractivity contribution in [3.8, 4) is 5.95 Å². The van der Waals surface area contributed by atoms with Crippen LogP contribution in [0, 0.1) is 0 Å². The molecule has 2 aromatic heterocycles.